The number of carbonyl (C=O) groups excluding carboxylic acids is 1. The molecule has 0 spiro atoms. The first-order valence-corrected chi connectivity index (χ1v) is 11.7. The number of carbonyl (C=O) groups is 1. The molecular weight excluding hydrogens is 396 g/mol. The van der Waals surface area contributed by atoms with E-state index in [9.17, 15) is 4.79 Å². The first-order valence-electron chi connectivity index (χ1n) is 10.7. The zero-order chi connectivity index (χ0) is 21.0. The van der Waals surface area contributed by atoms with Gasteiger partial charge >= 0.3 is 0 Å². The number of rotatable bonds is 3. The highest BCUT2D eigenvalue weighted by atomic mass is 32.2. The van der Waals surface area contributed by atoms with E-state index in [2.05, 4.69) is 72.8 Å². The third-order valence-electron chi connectivity index (χ3n) is 6.90. The molecule has 31 heavy (non-hydrogen) atoms. The first-order chi connectivity index (χ1) is 15.2. The molecule has 3 aliphatic rings. The third-order valence-corrected chi connectivity index (χ3v) is 7.98. The molecule has 0 aliphatic heterocycles. The van der Waals surface area contributed by atoms with E-state index in [0.29, 0.717) is 5.75 Å². The Labute approximate surface area is 187 Å². The molecule has 150 valence electrons. The summed E-state index contributed by atoms with van der Waals surface area (Å²) in [6, 6.07) is 34.4. The summed E-state index contributed by atoms with van der Waals surface area (Å²) in [6.45, 7) is 2.05. The number of hydrogen-bond acceptors (Lipinski definition) is 2. The number of benzene rings is 4. The van der Waals surface area contributed by atoms with Gasteiger partial charge in [0.05, 0.1) is 5.41 Å². The summed E-state index contributed by atoms with van der Waals surface area (Å²) >= 11 is 1.44. The Bertz CT molecular complexity index is 1200. The fourth-order valence-corrected chi connectivity index (χ4v) is 6.65. The van der Waals surface area contributed by atoms with Crippen molar-refractivity contribution in [2.75, 3.05) is 5.75 Å². The largest absolute Gasteiger partial charge is 0.282 e. The predicted molar refractivity (Wildman–Crippen MR) is 128 cm³/mol. The van der Waals surface area contributed by atoms with Gasteiger partial charge in [-0.3, -0.25) is 4.79 Å². The van der Waals surface area contributed by atoms with Crippen LogP contribution in [0.1, 0.15) is 55.2 Å². The maximum Gasteiger partial charge on any atom is 0.219 e. The van der Waals surface area contributed by atoms with Crippen LogP contribution in [0.15, 0.2) is 97.1 Å². The van der Waals surface area contributed by atoms with E-state index >= 15 is 0 Å². The molecule has 0 heterocycles. The molecule has 0 N–H and O–H groups in total. The molecule has 2 heteroatoms. The van der Waals surface area contributed by atoms with Crippen LogP contribution in [0, 0.1) is 6.92 Å². The standard InChI is InChI=1S/C29H22OS/c1-19-14-16-20(17-15-19)28(30)31-18-29-24-11-5-2-8-21(24)27(22-9-3-6-12-25(22)29)23-10-4-7-13-26(23)29/h2-17,27H,18H2,1H3. The molecule has 3 aliphatic carbocycles. The number of aryl methyl sites for hydroxylation is 1. The second-order valence-electron chi connectivity index (χ2n) is 8.54. The zero-order valence-electron chi connectivity index (χ0n) is 17.3. The quantitative estimate of drug-likeness (QED) is 0.368. The zero-order valence-corrected chi connectivity index (χ0v) is 18.2. The van der Waals surface area contributed by atoms with E-state index in [1.54, 1.807) is 0 Å². The lowest BCUT2D eigenvalue weighted by Gasteiger charge is -2.50. The van der Waals surface area contributed by atoms with Crippen molar-refractivity contribution < 1.29 is 4.79 Å². The second-order valence-corrected chi connectivity index (χ2v) is 9.49. The molecule has 0 unspecified atom stereocenters. The van der Waals surface area contributed by atoms with E-state index in [4.69, 9.17) is 0 Å². The van der Waals surface area contributed by atoms with Crippen molar-refractivity contribution in [2.24, 2.45) is 0 Å². The minimum Gasteiger partial charge on any atom is -0.282 e. The van der Waals surface area contributed by atoms with Crippen molar-refractivity contribution in [1.29, 1.82) is 0 Å². The summed E-state index contributed by atoms with van der Waals surface area (Å²) in [7, 11) is 0. The van der Waals surface area contributed by atoms with Crippen LogP contribution in [0.4, 0.5) is 0 Å². The molecule has 4 aromatic rings. The summed E-state index contributed by atoms with van der Waals surface area (Å²) in [5.74, 6) is 0.959. The van der Waals surface area contributed by atoms with E-state index < -0.39 is 0 Å². The minimum absolute atomic E-state index is 0.134. The highest BCUT2D eigenvalue weighted by Crippen LogP contribution is 2.59. The highest BCUT2D eigenvalue weighted by Gasteiger charge is 2.51. The van der Waals surface area contributed by atoms with Gasteiger partial charge in [0, 0.05) is 17.2 Å². The van der Waals surface area contributed by atoms with Crippen LogP contribution in [0.2, 0.25) is 0 Å². The molecule has 0 radical (unpaired) electrons. The van der Waals surface area contributed by atoms with Gasteiger partial charge in [-0.2, -0.15) is 0 Å². The van der Waals surface area contributed by atoms with Gasteiger partial charge in [0.1, 0.15) is 0 Å². The van der Waals surface area contributed by atoms with Gasteiger partial charge in [0.25, 0.3) is 0 Å². The summed E-state index contributed by atoms with van der Waals surface area (Å²) in [5.41, 5.74) is 9.80. The van der Waals surface area contributed by atoms with Gasteiger partial charge in [-0.05, 0) is 40.3 Å². The van der Waals surface area contributed by atoms with E-state index in [-0.39, 0.29) is 16.4 Å². The summed E-state index contributed by atoms with van der Waals surface area (Å²) in [4.78, 5) is 13.2. The topological polar surface area (TPSA) is 17.1 Å². The van der Waals surface area contributed by atoms with E-state index in [0.717, 1.165) is 5.56 Å². The maximum atomic E-state index is 13.2. The smallest absolute Gasteiger partial charge is 0.219 e. The molecule has 0 fully saturated rings. The molecule has 1 nitrogen and oxygen atoms in total. The minimum atomic E-state index is -0.316. The first kappa shape index (κ1) is 18.7. The van der Waals surface area contributed by atoms with Crippen molar-refractivity contribution in [2.45, 2.75) is 18.3 Å². The Morgan fingerprint density at radius 3 is 1.65 bits per heavy atom. The van der Waals surface area contributed by atoms with Crippen LogP contribution < -0.4 is 0 Å². The van der Waals surface area contributed by atoms with Crippen molar-refractivity contribution in [3.8, 4) is 0 Å². The Morgan fingerprint density at radius 2 is 1.16 bits per heavy atom. The molecule has 0 atom stereocenters. The van der Waals surface area contributed by atoms with Crippen LogP contribution in [0.3, 0.4) is 0 Å². The Balaban J connectivity index is 1.53. The molecule has 2 bridgehead atoms. The summed E-state index contributed by atoms with van der Waals surface area (Å²) < 4.78 is 0. The van der Waals surface area contributed by atoms with Crippen LogP contribution in [0.5, 0.6) is 0 Å². The number of hydrogen-bond donors (Lipinski definition) is 0. The predicted octanol–water partition coefficient (Wildman–Crippen LogP) is 6.71. The highest BCUT2D eigenvalue weighted by molar-refractivity contribution is 8.14. The van der Waals surface area contributed by atoms with Crippen LogP contribution in [-0.4, -0.2) is 10.9 Å². The lowest BCUT2D eigenvalue weighted by Crippen LogP contribution is -2.44. The Hall–Kier alpha value is -3.10. The van der Waals surface area contributed by atoms with Crippen molar-refractivity contribution in [3.63, 3.8) is 0 Å². The van der Waals surface area contributed by atoms with Crippen LogP contribution >= 0.6 is 11.8 Å². The van der Waals surface area contributed by atoms with Crippen molar-refractivity contribution >= 4 is 16.9 Å². The Morgan fingerprint density at radius 1 is 0.710 bits per heavy atom. The lowest BCUT2D eigenvalue weighted by molar-refractivity contribution is 0.108. The van der Waals surface area contributed by atoms with E-state index in [1.165, 1.54) is 50.7 Å². The van der Waals surface area contributed by atoms with Crippen molar-refractivity contribution in [3.05, 3.63) is 142 Å². The van der Waals surface area contributed by atoms with Gasteiger partial charge < -0.3 is 0 Å². The van der Waals surface area contributed by atoms with Gasteiger partial charge in [-0.1, -0.05) is 114 Å². The van der Waals surface area contributed by atoms with Crippen LogP contribution in [0.25, 0.3) is 0 Å². The van der Waals surface area contributed by atoms with Gasteiger partial charge in [0.15, 0.2) is 0 Å². The van der Waals surface area contributed by atoms with Gasteiger partial charge in [-0.15, -0.1) is 0 Å². The molecule has 4 aromatic carbocycles. The number of thioether (sulfide) groups is 1. The molecule has 0 saturated carbocycles. The Kier molecular flexibility index (Phi) is 4.19. The van der Waals surface area contributed by atoms with Gasteiger partial charge in [-0.25, -0.2) is 0 Å². The van der Waals surface area contributed by atoms with Crippen molar-refractivity contribution in [1.82, 2.24) is 0 Å². The monoisotopic (exact) mass is 418 g/mol. The molecule has 0 saturated heterocycles. The fraction of sp³-hybridized carbons (Fsp3) is 0.138. The molecule has 0 amide bonds. The normalized spacial score (nSPS) is 20.0. The lowest BCUT2D eigenvalue weighted by atomic mass is 9.54. The average molecular weight is 419 g/mol. The molecule has 7 rings (SSSR count). The van der Waals surface area contributed by atoms with Crippen LogP contribution in [-0.2, 0) is 5.41 Å². The van der Waals surface area contributed by atoms with Gasteiger partial charge in [0.2, 0.25) is 5.12 Å². The molecule has 0 aromatic heterocycles. The SMILES string of the molecule is Cc1ccc(C(=O)SCC23c4ccccc4C(c4ccccc42)c2ccccc23)cc1. The van der Waals surface area contributed by atoms with E-state index in [1.807, 2.05) is 31.2 Å². The molecular formula is C29H22OS. The summed E-state index contributed by atoms with van der Waals surface area (Å²) in [5, 5.41) is 0.134. The fourth-order valence-electron chi connectivity index (χ4n) is 5.53. The third kappa shape index (κ3) is 2.61. The average Bonchev–Trinajstić information content (AvgIpc) is 2.83. The second kappa shape index (κ2) is 6.96. The maximum absolute atomic E-state index is 13.2. The summed E-state index contributed by atoms with van der Waals surface area (Å²) in [6.07, 6.45) is 0.